The monoisotopic (exact) mass is 1360 g/mol. The summed E-state index contributed by atoms with van der Waals surface area (Å²) in [6.07, 6.45) is 34.2. The first kappa shape index (κ1) is 72.9. The fourth-order valence-electron chi connectivity index (χ4n) is 13.4. The normalized spacial score (nSPS) is 11.6. The van der Waals surface area contributed by atoms with Crippen molar-refractivity contribution in [1.82, 2.24) is 0 Å². The van der Waals surface area contributed by atoms with E-state index in [-0.39, 0.29) is 0 Å². The fourth-order valence-corrected chi connectivity index (χ4v) is 13.4. The third-order valence-corrected chi connectivity index (χ3v) is 17.9. The van der Waals surface area contributed by atoms with E-state index in [4.69, 9.17) is 0 Å². The summed E-state index contributed by atoms with van der Waals surface area (Å²) in [4.78, 5) is 0. The molecule has 12 aromatic rings. The van der Waals surface area contributed by atoms with Gasteiger partial charge in [-0.25, -0.2) is 0 Å². The van der Waals surface area contributed by atoms with Crippen LogP contribution in [0.3, 0.4) is 0 Å². The standard InChI is InChI=1S/C106H90/c1-9-17-77-47-85-25-26-86-48-78(18-10-2)52-90(64-86)30-34-94-56-82(22-14-6)60-98(68-94)38-43-103-72-104-44-40-100-62-84(24-16-8)58-96(70-100)36-32-92-54-80(20-12-4)50-88(66-92)28-27-87-49-79(19-11-3)53-91(65-87)31-35-95-57-83(23-15-7)61-99(69-95)39-42-102-71-101(73-105(74-102)45-46-106(75-103)76-104)41-37-97-59-81(21-13-5)55-93(67-97)33-29-89(51-77)63-85/h9-39,41-43,45-76H,1-8H3. The van der Waals surface area contributed by atoms with Crippen molar-refractivity contribution in [3.8, 4) is 0 Å². The van der Waals surface area contributed by atoms with E-state index < -0.39 is 0 Å². The molecule has 0 aliphatic rings. The highest BCUT2D eigenvalue weighted by Crippen LogP contribution is 2.25. The molecule has 0 heterocycles. The van der Waals surface area contributed by atoms with Crippen LogP contribution in [-0.2, 0) is 0 Å². The van der Waals surface area contributed by atoms with E-state index in [1.807, 2.05) is 0 Å². The molecule has 12 rings (SSSR count). The van der Waals surface area contributed by atoms with Crippen LogP contribution in [-0.4, -0.2) is 0 Å². The van der Waals surface area contributed by atoms with Gasteiger partial charge in [0.05, 0.1) is 0 Å². The van der Waals surface area contributed by atoms with Gasteiger partial charge in [-0.1, -0.05) is 231 Å². The second-order valence-electron chi connectivity index (χ2n) is 26.8. The maximum Gasteiger partial charge on any atom is 0.0260 e. The molecule has 514 valence electrons. The average molecular weight is 1360 g/mol. The number of fused-ring (bicyclic) bond motifs is 21. The van der Waals surface area contributed by atoms with E-state index in [0.717, 1.165) is 163 Å². The Labute approximate surface area is 627 Å². The Morgan fingerprint density at radius 2 is 0.236 bits per heavy atom. The Morgan fingerprint density at radius 3 is 0.377 bits per heavy atom. The van der Waals surface area contributed by atoms with Crippen molar-refractivity contribution < 1.29 is 0 Å². The summed E-state index contributed by atoms with van der Waals surface area (Å²) < 4.78 is 0. The van der Waals surface area contributed by atoms with Crippen LogP contribution in [0, 0.1) is 12.1 Å². The smallest absolute Gasteiger partial charge is 0.0260 e. The minimum absolute atomic E-state index is 0.906. The van der Waals surface area contributed by atoms with Gasteiger partial charge in [0, 0.05) is 10.8 Å². The maximum atomic E-state index is 3.66. The van der Waals surface area contributed by atoms with Crippen LogP contribution in [0.2, 0.25) is 0 Å². The summed E-state index contributed by atoms with van der Waals surface area (Å²) in [5, 5.41) is 23.7. The van der Waals surface area contributed by atoms with Crippen molar-refractivity contribution in [1.29, 1.82) is 0 Å². The highest BCUT2D eigenvalue weighted by atomic mass is 14.1. The molecule has 0 atom stereocenters. The number of allylic oxidation sites excluding steroid dienone is 8. The van der Waals surface area contributed by atoms with Gasteiger partial charge in [0.25, 0.3) is 0 Å². The molecule has 0 heteroatoms. The van der Waals surface area contributed by atoms with Gasteiger partial charge in [-0.3, -0.25) is 0 Å². The predicted octanol–water partition coefficient (Wildman–Crippen LogP) is 31.2. The van der Waals surface area contributed by atoms with Crippen molar-refractivity contribution in [2.75, 3.05) is 0 Å². The molecular formula is C106H90. The second kappa shape index (κ2) is 36.3. The van der Waals surface area contributed by atoms with E-state index in [1.165, 1.54) is 0 Å². The fraction of sp³-hybridized carbons (Fsp3) is 0.0755. The Hall–Kier alpha value is -12.9. The SMILES string of the molecule is CC=Cc1cc2c#cc3cc4ccc5cc(C=CC)cc(ccc6cc(C=CC)cc(ccc7cc(C=CC)cc(ccc8cc(C=CC)cc(ccc9cc(ccc%10cc(C=CC)cc(ccc%11cc(C=CC)cc(ccc%12cc(C=CC)cc(ccc(c1)c2)c%12)c%11)c%10)cc(ccc(c3)c4)c9)c8)c7)c6)c5. The molecule has 12 aromatic carbocycles. The molecule has 0 nitrogen and oxygen atoms in total. The summed E-state index contributed by atoms with van der Waals surface area (Å²) >= 11 is 0. The molecule has 0 unspecified atom stereocenters. The first-order chi connectivity index (χ1) is 51.9. The Balaban J connectivity index is 1.18. The lowest BCUT2D eigenvalue weighted by Gasteiger charge is -1.99. The molecule has 106 heavy (non-hydrogen) atoms. The first-order valence-corrected chi connectivity index (χ1v) is 36.8. The van der Waals surface area contributed by atoms with Crippen LogP contribution in [0.4, 0.5) is 0 Å². The van der Waals surface area contributed by atoms with E-state index in [1.54, 1.807) is 0 Å². The highest BCUT2D eigenvalue weighted by molar-refractivity contribution is 5.87. The third kappa shape index (κ3) is 21.3. The maximum absolute atomic E-state index is 3.66. The number of benzene rings is 10. The van der Waals surface area contributed by atoms with Crippen LogP contribution < -0.4 is 0 Å². The molecule has 0 saturated heterocycles. The van der Waals surface area contributed by atoms with Crippen molar-refractivity contribution in [2.24, 2.45) is 0 Å². The van der Waals surface area contributed by atoms with Crippen LogP contribution >= 0.6 is 0 Å². The van der Waals surface area contributed by atoms with Crippen molar-refractivity contribution in [3.63, 3.8) is 0 Å². The summed E-state index contributed by atoms with van der Waals surface area (Å²) in [7, 11) is 0. The van der Waals surface area contributed by atoms with Crippen LogP contribution in [0.5, 0.6) is 0 Å². The van der Waals surface area contributed by atoms with Gasteiger partial charge in [0.15, 0.2) is 0 Å². The molecule has 0 aliphatic carbocycles. The molecule has 0 saturated carbocycles. The van der Waals surface area contributed by atoms with Crippen molar-refractivity contribution in [2.45, 2.75) is 55.4 Å². The van der Waals surface area contributed by atoms with Gasteiger partial charge in [-0.15, -0.1) is 0 Å². The first-order valence-electron chi connectivity index (χ1n) is 36.8. The van der Waals surface area contributed by atoms with Gasteiger partial charge < -0.3 is 0 Å². The minimum Gasteiger partial charge on any atom is -0.0871 e. The molecule has 22 bridgehead atoms. The van der Waals surface area contributed by atoms with E-state index in [2.05, 4.69) is 468 Å². The van der Waals surface area contributed by atoms with Crippen LogP contribution in [0.15, 0.2) is 352 Å². The summed E-state index contributed by atoms with van der Waals surface area (Å²) in [5.41, 5.74) is 9.04. The number of rotatable bonds is 8. The molecule has 0 radical (unpaired) electrons. The number of hydrogen-bond donors (Lipinski definition) is 0. The minimum atomic E-state index is 0.906. The van der Waals surface area contributed by atoms with Crippen molar-refractivity contribution in [3.05, 3.63) is 409 Å². The third-order valence-electron chi connectivity index (χ3n) is 17.9. The Bertz CT molecular complexity index is 5480. The lowest BCUT2D eigenvalue weighted by Crippen LogP contribution is -1.75. The second-order valence-corrected chi connectivity index (χ2v) is 26.8. The molecular weight excluding hydrogens is 1270 g/mol. The van der Waals surface area contributed by atoms with Crippen LogP contribution in [0.1, 0.15) is 99.9 Å². The molecule has 0 spiro atoms. The zero-order valence-electron chi connectivity index (χ0n) is 62.1. The van der Waals surface area contributed by atoms with Gasteiger partial charge in [0.2, 0.25) is 0 Å². The Kier molecular flexibility index (Phi) is 24.9. The zero-order valence-corrected chi connectivity index (χ0v) is 62.1. The van der Waals surface area contributed by atoms with Gasteiger partial charge in [-0.05, 0) is 390 Å². The summed E-state index contributed by atoms with van der Waals surface area (Å²) in [5.74, 6) is 0. The lowest BCUT2D eigenvalue weighted by molar-refractivity contribution is 1.69. The highest BCUT2D eigenvalue weighted by Gasteiger charge is 2.01. The lowest BCUT2D eigenvalue weighted by atomic mass is 10.1. The molecule has 0 aliphatic heterocycles. The zero-order chi connectivity index (χ0) is 73.4. The molecule has 0 amide bonds. The summed E-state index contributed by atoms with van der Waals surface area (Å²) in [6, 6.07) is 119. The van der Waals surface area contributed by atoms with Gasteiger partial charge >= 0.3 is 0 Å². The molecule has 0 fully saturated rings. The van der Waals surface area contributed by atoms with E-state index in [9.17, 15) is 0 Å². The molecule has 0 N–H and O–H groups in total. The average Bonchev–Trinajstić information content (AvgIpc) is 0.843. The van der Waals surface area contributed by atoms with Crippen LogP contribution in [0.25, 0.3) is 167 Å². The predicted molar refractivity (Wildman–Crippen MR) is 475 cm³/mol. The topological polar surface area (TPSA) is 0 Å². The van der Waals surface area contributed by atoms with E-state index in [0.29, 0.717) is 0 Å². The summed E-state index contributed by atoms with van der Waals surface area (Å²) in [6.45, 7) is 16.6. The quantitative estimate of drug-likeness (QED) is 0.142. The molecule has 0 aromatic heterocycles. The number of hydrogen-bond acceptors (Lipinski definition) is 0. The Morgan fingerprint density at radius 1 is 0.132 bits per heavy atom. The van der Waals surface area contributed by atoms with E-state index >= 15 is 0 Å². The van der Waals surface area contributed by atoms with Crippen molar-refractivity contribution >= 4 is 167 Å². The largest absolute Gasteiger partial charge is 0.0871 e. The van der Waals surface area contributed by atoms with Gasteiger partial charge in [0.1, 0.15) is 0 Å². The van der Waals surface area contributed by atoms with Gasteiger partial charge in [-0.2, -0.15) is 0 Å².